The molecular weight excluding hydrogens is 452 g/mol. The number of nitrogens with zero attached hydrogens (tertiary/aromatic N) is 2. The van der Waals surface area contributed by atoms with Crippen molar-refractivity contribution in [1.82, 2.24) is 9.55 Å². The number of hydrogen-bond acceptors (Lipinski definition) is 6. The highest BCUT2D eigenvalue weighted by molar-refractivity contribution is 7.99. The predicted molar refractivity (Wildman–Crippen MR) is 135 cm³/mol. The van der Waals surface area contributed by atoms with E-state index in [0.29, 0.717) is 10.7 Å². The number of thioether (sulfide) groups is 1. The number of aromatic nitrogens is 2. The molecule has 0 unspecified atom stereocenters. The van der Waals surface area contributed by atoms with Crippen molar-refractivity contribution in [3.63, 3.8) is 0 Å². The molecule has 0 saturated carbocycles. The lowest BCUT2D eigenvalue weighted by Crippen LogP contribution is -2.22. The van der Waals surface area contributed by atoms with E-state index < -0.39 is 0 Å². The number of Topliss-reactive ketones (excluding diaryl/α,β-unsaturated/α-hetero) is 1. The first-order valence-electron chi connectivity index (χ1n) is 11.0. The lowest BCUT2D eigenvalue weighted by molar-refractivity contribution is 0.102. The minimum atomic E-state index is -0.0603. The van der Waals surface area contributed by atoms with Crippen LogP contribution in [0, 0.1) is 6.92 Å². The lowest BCUT2D eigenvalue weighted by atomic mass is 9.97. The molecule has 0 atom stereocenters. The van der Waals surface area contributed by atoms with Crippen LogP contribution >= 0.6 is 23.1 Å². The molecule has 0 fully saturated rings. The number of benzene rings is 2. The highest BCUT2D eigenvalue weighted by Crippen LogP contribution is 2.35. The van der Waals surface area contributed by atoms with Crippen molar-refractivity contribution in [3.05, 3.63) is 80.5 Å². The Balaban J connectivity index is 1.58. The SMILES string of the molecule is COc1ccc(-n2c(SCC(=O)c3ccc(C)cc3)nc3sc4c(c3c2=O)CCCC4)cc1. The van der Waals surface area contributed by atoms with Crippen molar-refractivity contribution in [2.75, 3.05) is 12.9 Å². The van der Waals surface area contributed by atoms with Crippen molar-refractivity contribution in [2.45, 2.75) is 37.8 Å². The number of fused-ring (bicyclic) bond motifs is 3. The van der Waals surface area contributed by atoms with Gasteiger partial charge in [-0.15, -0.1) is 11.3 Å². The van der Waals surface area contributed by atoms with Crippen molar-refractivity contribution in [2.24, 2.45) is 0 Å². The topological polar surface area (TPSA) is 61.2 Å². The first-order chi connectivity index (χ1) is 16.0. The Morgan fingerprint density at radius 2 is 1.82 bits per heavy atom. The maximum atomic E-state index is 13.8. The van der Waals surface area contributed by atoms with E-state index in [0.717, 1.165) is 58.5 Å². The average molecular weight is 477 g/mol. The number of rotatable bonds is 6. The van der Waals surface area contributed by atoms with Crippen LogP contribution in [0.5, 0.6) is 5.75 Å². The van der Waals surface area contributed by atoms with Gasteiger partial charge < -0.3 is 4.74 Å². The summed E-state index contributed by atoms with van der Waals surface area (Å²) in [7, 11) is 1.62. The number of carbonyl (C=O) groups is 1. The number of methoxy groups -OCH3 is 1. The summed E-state index contributed by atoms with van der Waals surface area (Å²) in [6, 6.07) is 15.0. The summed E-state index contributed by atoms with van der Waals surface area (Å²) in [6.07, 6.45) is 4.18. The largest absolute Gasteiger partial charge is 0.497 e. The van der Waals surface area contributed by atoms with E-state index in [2.05, 4.69) is 0 Å². The number of aryl methyl sites for hydroxylation is 3. The number of carbonyl (C=O) groups excluding carboxylic acids is 1. The van der Waals surface area contributed by atoms with Crippen LogP contribution in [0.4, 0.5) is 0 Å². The lowest BCUT2D eigenvalue weighted by Gasteiger charge is -2.14. The molecule has 2 aromatic carbocycles. The van der Waals surface area contributed by atoms with E-state index >= 15 is 0 Å². The van der Waals surface area contributed by atoms with Gasteiger partial charge in [0.15, 0.2) is 10.9 Å². The average Bonchev–Trinajstić information content (AvgIpc) is 3.22. The van der Waals surface area contributed by atoms with Gasteiger partial charge in [-0.2, -0.15) is 0 Å². The molecule has 5 rings (SSSR count). The van der Waals surface area contributed by atoms with Gasteiger partial charge in [-0.1, -0.05) is 41.6 Å². The van der Waals surface area contributed by atoms with Gasteiger partial charge in [-0.25, -0.2) is 4.98 Å². The minimum Gasteiger partial charge on any atom is -0.497 e. The maximum absolute atomic E-state index is 13.8. The van der Waals surface area contributed by atoms with Crippen molar-refractivity contribution in [1.29, 1.82) is 0 Å². The van der Waals surface area contributed by atoms with E-state index in [-0.39, 0.29) is 17.1 Å². The fourth-order valence-corrected chi connectivity index (χ4v) is 6.40. The zero-order valence-corrected chi connectivity index (χ0v) is 20.2. The third kappa shape index (κ3) is 4.23. The summed E-state index contributed by atoms with van der Waals surface area (Å²) in [5.74, 6) is 0.945. The standard InChI is InChI=1S/C26H24N2O3S2/c1-16-7-9-17(10-8-16)21(29)15-32-26-27-24-23(20-5-3-4-6-22(20)33-24)25(30)28(26)18-11-13-19(31-2)14-12-18/h7-14H,3-6,15H2,1-2H3. The molecule has 168 valence electrons. The molecule has 0 amide bonds. The summed E-state index contributed by atoms with van der Waals surface area (Å²) >= 11 is 2.94. The molecule has 33 heavy (non-hydrogen) atoms. The second kappa shape index (κ2) is 9.15. The van der Waals surface area contributed by atoms with Crippen molar-refractivity contribution >= 4 is 39.1 Å². The maximum Gasteiger partial charge on any atom is 0.267 e. The molecule has 1 aliphatic carbocycles. The van der Waals surface area contributed by atoms with Crippen molar-refractivity contribution in [3.8, 4) is 11.4 Å². The summed E-state index contributed by atoms with van der Waals surface area (Å²) in [4.78, 5) is 33.6. The number of ketones is 1. The first kappa shape index (κ1) is 21.9. The van der Waals surface area contributed by atoms with Crippen LogP contribution in [0.1, 0.15) is 39.2 Å². The highest BCUT2D eigenvalue weighted by Gasteiger charge is 2.23. The monoisotopic (exact) mass is 476 g/mol. The molecular formula is C26H24N2O3S2. The fraction of sp³-hybridized carbons (Fsp3) is 0.269. The van der Waals surface area contributed by atoms with Gasteiger partial charge in [0.1, 0.15) is 10.6 Å². The molecule has 0 N–H and O–H groups in total. The normalized spacial score (nSPS) is 13.2. The van der Waals surface area contributed by atoms with Crippen LogP contribution in [0.15, 0.2) is 58.5 Å². The van der Waals surface area contributed by atoms with Crippen LogP contribution in [0.25, 0.3) is 15.9 Å². The van der Waals surface area contributed by atoms with Gasteiger partial charge in [-0.3, -0.25) is 14.2 Å². The van der Waals surface area contributed by atoms with Gasteiger partial charge in [0.25, 0.3) is 5.56 Å². The molecule has 0 bridgehead atoms. The molecule has 0 aliphatic heterocycles. The molecule has 7 heteroatoms. The summed E-state index contributed by atoms with van der Waals surface area (Å²) in [5.41, 5.74) is 3.60. The van der Waals surface area contributed by atoms with Gasteiger partial charge in [0.05, 0.1) is 23.9 Å². The molecule has 5 nitrogen and oxygen atoms in total. The van der Waals surface area contributed by atoms with E-state index in [1.807, 2.05) is 55.5 Å². The summed E-state index contributed by atoms with van der Waals surface area (Å²) < 4.78 is 6.93. The third-order valence-electron chi connectivity index (χ3n) is 5.99. The Kier molecular flexibility index (Phi) is 6.08. The zero-order valence-electron chi connectivity index (χ0n) is 18.6. The van der Waals surface area contributed by atoms with Crippen LogP contribution in [-0.4, -0.2) is 28.2 Å². The van der Waals surface area contributed by atoms with Crippen molar-refractivity contribution < 1.29 is 9.53 Å². The smallest absolute Gasteiger partial charge is 0.267 e. The Hall–Kier alpha value is -2.90. The molecule has 2 heterocycles. The van der Waals surface area contributed by atoms with Crippen LogP contribution < -0.4 is 10.3 Å². The zero-order chi connectivity index (χ0) is 22.9. The van der Waals surface area contributed by atoms with E-state index in [9.17, 15) is 9.59 Å². The van der Waals surface area contributed by atoms with Crippen LogP contribution in [0.2, 0.25) is 0 Å². The van der Waals surface area contributed by atoms with Gasteiger partial charge in [-0.05, 0) is 62.4 Å². The molecule has 1 aliphatic rings. The molecule has 2 aromatic heterocycles. The second-order valence-electron chi connectivity index (χ2n) is 8.20. The number of hydrogen-bond donors (Lipinski definition) is 0. The highest BCUT2D eigenvalue weighted by atomic mass is 32.2. The van der Waals surface area contributed by atoms with Crippen LogP contribution in [0.3, 0.4) is 0 Å². The Morgan fingerprint density at radius 1 is 1.09 bits per heavy atom. The Morgan fingerprint density at radius 3 is 2.55 bits per heavy atom. The van der Waals surface area contributed by atoms with E-state index in [1.54, 1.807) is 23.0 Å². The van der Waals surface area contributed by atoms with Crippen LogP contribution in [-0.2, 0) is 12.8 Å². The molecule has 4 aromatic rings. The Labute approximate surface area is 200 Å². The minimum absolute atomic E-state index is 0.0149. The number of ether oxygens (including phenoxy) is 1. The van der Waals surface area contributed by atoms with Gasteiger partial charge >= 0.3 is 0 Å². The Bertz CT molecular complexity index is 1390. The second-order valence-corrected chi connectivity index (χ2v) is 10.2. The first-order valence-corrected chi connectivity index (χ1v) is 12.8. The van der Waals surface area contributed by atoms with E-state index in [1.165, 1.54) is 16.6 Å². The molecule has 0 spiro atoms. The predicted octanol–water partition coefficient (Wildman–Crippen LogP) is 5.62. The molecule has 0 radical (unpaired) electrons. The fourth-order valence-electron chi connectivity index (χ4n) is 4.20. The summed E-state index contributed by atoms with van der Waals surface area (Å²) in [5, 5.41) is 1.27. The van der Waals surface area contributed by atoms with E-state index in [4.69, 9.17) is 9.72 Å². The summed E-state index contributed by atoms with van der Waals surface area (Å²) in [6.45, 7) is 2.00. The molecule has 0 saturated heterocycles. The number of thiophene rings is 1. The third-order valence-corrected chi connectivity index (χ3v) is 8.12. The quantitative estimate of drug-likeness (QED) is 0.205. The van der Waals surface area contributed by atoms with Gasteiger partial charge in [0.2, 0.25) is 0 Å². The van der Waals surface area contributed by atoms with Gasteiger partial charge in [0, 0.05) is 10.4 Å².